The second kappa shape index (κ2) is 5.21. The summed E-state index contributed by atoms with van der Waals surface area (Å²) in [5.41, 5.74) is 0.333. The van der Waals surface area contributed by atoms with Gasteiger partial charge in [-0.3, -0.25) is 0 Å². The van der Waals surface area contributed by atoms with E-state index in [1.54, 1.807) is 0 Å². The molecule has 1 N–H and O–H groups in total. The van der Waals surface area contributed by atoms with E-state index in [4.69, 9.17) is 0 Å². The first-order valence-electron chi connectivity index (χ1n) is 6.84. The van der Waals surface area contributed by atoms with E-state index in [-0.39, 0.29) is 0 Å². The van der Waals surface area contributed by atoms with Crippen LogP contribution in [0.1, 0.15) is 45.9 Å². The molecule has 0 unspecified atom stereocenters. The van der Waals surface area contributed by atoms with Crippen molar-refractivity contribution < 1.29 is 0 Å². The van der Waals surface area contributed by atoms with Crippen LogP contribution in [-0.4, -0.2) is 22.1 Å². The summed E-state index contributed by atoms with van der Waals surface area (Å²) in [6.45, 7) is 9.02. The molecule has 0 aromatic carbocycles. The summed E-state index contributed by atoms with van der Waals surface area (Å²) in [7, 11) is 0. The Kier molecular flexibility index (Phi) is 3.87. The van der Waals surface area contributed by atoms with Crippen LogP contribution in [0, 0.1) is 5.41 Å². The summed E-state index contributed by atoms with van der Waals surface area (Å²) in [6, 6.07) is 0.823. The third-order valence-corrected chi connectivity index (χ3v) is 3.59. The van der Waals surface area contributed by atoms with Gasteiger partial charge in [0, 0.05) is 31.4 Å². The second-order valence-electron chi connectivity index (χ2n) is 5.95. The van der Waals surface area contributed by atoms with Crippen molar-refractivity contribution in [3.05, 3.63) is 18.2 Å². The maximum Gasteiger partial charge on any atom is 0.109 e. The van der Waals surface area contributed by atoms with E-state index in [2.05, 4.69) is 41.8 Å². The largest absolute Gasteiger partial charge is 0.335 e. The number of imidazole rings is 1. The fourth-order valence-corrected chi connectivity index (χ4v) is 2.21. The number of hydrogen-bond acceptors (Lipinski definition) is 2. The third-order valence-electron chi connectivity index (χ3n) is 3.59. The van der Waals surface area contributed by atoms with Crippen LogP contribution in [0.3, 0.4) is 0 Å². The standard InChI is InChI=1S/C14H25N3/c1-4-17-10-9-16-13(17)11-14(2,3)7-8-15-12-5-6-12/h9-10,12,15H,4-8,11H2,1-3H3. The van der Waals surface area contributed by atoms with E-state index in [0.717, 1.165) is 25.6 Å². The molecule has 0 saturated heterocycles. The molecule has 17 heavy (non-hydrogen) atoms. The highest BCUT2D eigenvalue weighted by atomic mass is 15.1. The van der Waals surface area contributed by atoms with Crippen LogP contribution >= 0.6 is 0 Å². The normalized spacial score (nSPS) is 16.4. The molecule has 0 radical (unpaired) electrons. The van der Waals surface area contributed by atoms with Gasteiger partial charge >= 0.3 is 0 Å². The summed E-state index contributed by atoms with van der Waals surface area (Å²) < 4.78 is 2.25. The number of aromatic nitrogens is 2. The molecule has 3 nitrogen and oxygen atoms in total. The molecule has 1 aromatic heterocycles. The van der Waals surface area contributed by atoms with E-state index < -0.39 is 0 Å². The van der Waals surface area contributed by atoms with Crippen molar-refractivity contribution in [1.82, 2.24) is 14.9 Å². The average molecular weight is 235 g/mol. The smallest absolute Gasteiger partial charge is 0.109 e. The van der Waals surface area contributed by atoms with E-state index in [1.165, 1.54) is 25.1 Å². The van der Waals surface area contributed by atoms with Gasteiger partial charge in [-0.25, -0.2) is 4.98 Å². The van der Waals surface area contributed by atoms with Crippen molar-refractivity contribution in [2.24, 2.45) is 5.41 Å². The zero-order valence-electron chi connectivity index (χ0n) is 11.4. The summed E-state index contributed by atoms with van der Waals surface area (Å²) >= 11 is 0. The Bertz CT molecular complexity index is 350. The van der Waals surface area contributed by atoms with Crippen molar-refractivity contribution in [1.29, 1.82) is 0 Å². The van der Waals surface area contributed by atoms with Gasteiger partial charge in [0.25, 0.3) is 0 Å². The molecule has 0 amide bonds. The van der Waals surface area contributed by atoms with Crippen LogP contribution in [0.4, 0.5) is 0 Å². The summed E-state index contributed by atoms with van der Waals surface area (Å²) in [5.74, 6) is 1.23. The molecule has 1 heterocycles. The third kappa shape index (κ3) is 3.84. The molecule has 1 aliphatic rings. The number of hydrogen-bond donors (Lipinski definition) is 1. The Labute approximate surface area is 105 Å². The van der Waals surface area contributed by atoms with Crippen molar-refractivity contribution in [3.63, 3.8) is 0 Å². The Morgan fingerprint density at radius 3 is 2.88 bits per heavy atom. The minimum Gasteiger partial charge on any atom is -0.335 e. The quantitative estimate of drug-likeness (QED) is 0.787. The van der Waals surface area contributed by atoms with Crippen LogP contribution < -0.4 is 5.32 Å². The van der Waals surface area contributed by atoms with Gasteiger partial charge in [0.05, 0.1) is 0 Å². The van der Waals surface area contributed by atoms with Gasteiger partial charge in [0.2, 0.25) is 0 Å². The molecule has 1 aliphatic carbocycles. The first-order valence-corrected chi connectivity index (χ1v) is 6.84. The maximum atomic E-state index is 4.47. The lowest BCUT2D eigenvalue weighted by Crippen LogP contribution is -2.26. The van der Waals surface area contributed by atoms with Gasteiger partial charge in [-0.2, -0.15) is 0 Å². The van der Waals surface area contributed by atoms with Gasteiger partial charge in [-0.15, -0.1) is 0 Å². The number of nitrogens with zero attached hydrogens (tertiary/aromatic N) is 2. The molecule has 0 spiro atoms. The lowest BCUT2D eigenvalue weighted by molar-refractivity contribution is 0.314. The van der Waals surface area contributed by atoms with E-state index >= 15 is 0 Å². The molecule has 0 bridgehead atoms. The van der Waals surface area contributed by atoms with Crippen molar-refractivity contribution >= 4 is 0 Å². The summed E-state index contributed by atoms with van der Waals surface area (Å²) in [5, 5.41) is 3.59. The number of rotatable bonds is 7. The lowest BCUT2D eigenvalue weighted by Gasteiger charge is -2.24. The van der Waals surface area contributed by atoms with E-state index in [0.29, 0.717) is 5.41 Å². The highest BCUT2D eigenvalue weighted by Crippen LogP contribution is 2.26. The SMILES string of the molecule is CCn1ccnc1CC(C)(C)CCNC1CC1. The molecule has 96 valence electrons. The predicted octanol–water partition coefficient (Wildman–Crippen LogP) is 2.61. The van der Waals surface area contributed by atoms with Gasteiger partial charge in [0.1, 0.15) is 5.82 Å². The van der Waals surface area contributed by atoms with Crippen LogP contribution in [-0.2, 0) is 13.0 Å². The molecule has 0 atom stereocenters. The van der Waals surface area contributed by atoms with Crippen LogP contribution in [0.5, 0.6) is 0 Å². The second-order valence-corrected chi connectivity index (χ2v) is 5.95. The molecular weight excluding hydrogens is 210 g/mol. The summed E-state index contributed by atoms with van der Waals surface area (Å²) in [4.78, 5) is 4.47. The van der Waals surface area contributed by atoms with E-state index in [9.17, 15) is 0 Å². The molecular formula is C14H25N3. The fraction of sp³-hybridized carbons (Fsp3) is 0.786. The van der Waals surface area contributed by atoms with Crippen molar-refractivity contribution in [2.75, 3.05) is 6.54 Å². The molecule has 2 rings (SSSR count). The highest BCUT2D eigenvalue weighted by molar-refractivity contribution is 4.96. The molecule has 3 heteroatoms. The lowest BCUT2D eigenvalue weighted by atomic mass is 9.85. The van der Waals surface area contributed by atoms with Crippen LogP contribution in [0.2, 0.25) is 0 Å². The minimum atomic E-state index is 0.333. The first kappa shape index (κ1) is 12.6. The Morgan fingerprint density at radius 1 is 1.47 bits per heavy atom. The summed E-state index contributed by atoms with van der Waals surface area (Å²) in [6.07, 6.45) is 9.03. The first-order chi connectivity index (χ1) is 8.11. The van der Waals surface area contributed by atoms with Crippen LogP contribution in [0.25, 0.3) is 0 Å². The molecule has 1 fully saturated rings. The zero-order valence-corrected chi connectivity index (χ0v) is 11.4. The topological polar surface area (TPSA) is 29.9 Å². The highest BCUT2D eigenvalue weighted by Gasteiger charge is 2.24. The Hall–Kier alpha value is -0.830. The molecule has 1 saturated carbocycles. The van der Waals surface area contributed by atoms with E-state index in [1.807, 2.05) is 6.20 Å². The number of nitrogens with one attached hydrogen (secondary N) is 1. The fourth-order valence-electron chi connectivity index (χ4n) is 2.21. The van der Waals surface area contributed by atoms with Gasteiger partial charge in [-0.1, -0.05) is 13.8 Å². The predicted molar refractivity (Wildman–Crippen MR) is 71.0 cm³/mol. The van der Waals surface area contributed by atoms with Crippen LogP contribution in [0.15, 0.2) is 12.4 Å². The average Bonchev–Trinajstić information content (AvgIpc) is 2.97. The minimum absolute atomic E-state index is 0.333. The zero-order chi connectivity index (χ0) is 12.3. The van der Waals surface area contributed by atoms with Gasteiger partial charge in [-0.05, 0) is 38.1 Å². The van der Waals surface area contributed by atoms with Gasteiger partial charge < -0.3 is 9.88 Å². The molecule has 1 aromatic rings. The monoisotopic (exact) mass is 235 g/mol. The maximum absolute atomic E-state index is 4.47. The Morgan fingerprint density at radius 2 is 2.24 bits per heavy atom. The van der Waals surface area contributed by atoms with Gasteiger partial charge in [0.15, 0.2) is 0 Å². The Balaban J connectivity index is 1.82. The van der Waals surface area contributed by atoms with Crippen molar-refractivity contribution in [3.8, 4) is 0 Å². The van der Waals surface area contributed by atoms with Crippen molar-refractivity contribution in [2.45, 2.75) is 59.0 Å². The number of aryl methyl sites for hydroxylation is 1. The molecule has 0 aliphatic heterocycles.